The molecular weight excluding hydrogens is 174 g/mol. The molecule has 1 heterocycles. The highest BCUT2D eigenvalue weighted by Gasteiger charge is 2.01. The number of aromatic nitrogens is 1. The second kappa shape index (κ2) is 4.05. The lowest BCUT2D eigenvalue weighted by molar-refractivity contribution is 0.821. The van der Waals surface area contributed by atoms with Gasteiger partial charge in [-0.2, -0.15) is 5.26 Å². The molecule has 1 aromatic rings. The summed E-state index contributed by atoms with van der Waals surface area (Å²) >= 11 is 5.64. The van der Waals surface area contributed by atoms with Crippen LogP contribution < -0.4 is 5.73 Å². The molecule has 0 aliphatic rings. The minimum Gasteiger partial charge on any atom is -0.316 e. The van der Waals surface area contributed by atoms with E-state index in [0.717, 1.165) is 5.56 Å². The van der Waals surface area contributed by atoms with E-state index in [-0.39, 0.29) is 0 Å². The van der Waals surface area contributed by atoms with Gasteiger partial charge in [0, 0.05) is 12.6 Å². The Morgan fingerprint density at radius 3 is 3.08 bits per heavy atom. The van der Waals surface area contributed by atoms with E-state index in [9.17, 15) is 0 Å². The average molecular weight is 182 g/mol. The Bertz CT molecular complexity index is 305. The summed E-state index contributed by atoms with van der Waals surface area (Å²) in [6.07, 6.45) is 2.11. The maximum Gasteiger partial charge on any atom is 0.129 e. The fourth-order valence-corrected chi connectivity index (χ4v) is 1.07. The van der Waals surface area contributed by atoms with E-state index in [1.54, 1.807) is 18.3 Å². The predicted octanol–water partition coefficient (Wildman–Crippen LogP) is 1.13. The van der Waals surface area contributed by atoms with Crippen molar-refractivity contribution in [1.29, 1.82) is 5.26 Å². The number of pyridine rings is 1. The van der Waals surface area contributed by atoms with Crippen LogP contribution in [0, 0.1) is 11.3 Å². The van der Waals surface area contributed by atoms with Crippen LogP contribution >= 0.6 is 11.6 Å². The number of halogens is 1. The lowest BCUT2D eigenvalue weighted by Crippen LogP contribution is -2.19. The maximum absolute atomic E-state index is 8.44. The highest BCUT2D eigenvalue weighted by atomic mass is 35.5. The summed E-state index contributed by atoms with van der Waals surface area (Å²) in [5, 5.41) is 8.87. The third-order valence-corrected chi connectivity index (χ3v) is 1.62. The second-order valence-corrected chi connectivity index (χ2v) is 2.81. The summed E-state index contributed by atoms with van der Waals surface area (Å²) < 4.78 is 0. The molecule has 12 heavy (non-hydrogen) atoms. The molecule has 1 aromatic heterocycles. The fourth-order valence-electron chi connectivity index (χ4n) is 0.869. The topological polar surface area (TPSA) is 62.7 Å². The Balaban J connectivity index is 2.71. The third kappa shape index (κ3) is 2.50. The molecule has 0 saturated heterocycles. The third-order valence-electron chi connectivity index (χ3n) is 1.41. The van der Waals surface area contributed by atoms with Gasteiger partial charge >= 0.3 is 0 Å². The second-order valence-electron chi connectivity index (χ2n) is 2.43. The zero-order valence-corrected chi connectivity index (χ0v) is 7.12. The molecule has 4 heteroatoms. The van der Waals surface area contributed by atoms with E-state index < -0.39 is 6.04 Å². The van der Waals surface area contributed by atoms with E-state index in [4.69, 9.17) is 22.6 Å². The minimum atomic E-state index is -0.469. The number of nitrogens with two attached hydrogens (primary N) is 1. The normalized spacial score (nSPS) is 12.1. The zero-order chi connectivity index (χ0) is 8.97. The van der Waals surface area contributed by atoms with Crippen molar-refractivity contribution < 1.29 is 0 Å². The first-order chi connectivity index (χ1) is 5.72. The average Bonchev–Trinajstić information content (AvgIpc) is 2.04. The van der Waals surface area contributed by atoms with Crippen molar-refractivity contribution in [3.05, 3.63) is 29.0 Å². The van der Waals surface area contributed by atoms with Gasteiger partial charge < -0.3 is 5.73 Å². The molecular formula is C8H8ClN3. The van der Waals surface area contributed by atoms with Gasteiger partial charge in [0.2, 0.25) is 0 Å². The van der Waals surface area contributed by atoms with Gasteiger partial charge in [-0.15, -0.1) is 0 Å². The smallest absolute Gasteiger partial charge is 0.129 e. The number of rotatable bonds is 2. The molecule has 0 saturated carbocycles. The Morgan fingerprint density at radius 1 is 1.75 bits per heavy atom. The lowest BCUT2D eigenvalue weighted by atomic mass is 10.1. The number of hydrogen-bond donors (Lipinski definition) is 1. The van der Waals surface area contributed by atoms with Crippen LogP contribution in [-0.4, -0.2) is 11.0 Å². The molecule has 0 aliphatic carbocycles. The van der Waals surface area contributed by atoms with Crippen molar-refractivity contribution in [2.24, 2.45) is 5.73 Å². The van der Waals surface area contributed by atoms with E-state index in [1.807, 2.05) is 6.07 Å². The van der Waals surface area contributed by atoms with Crippen LogP contribution in [0.1, 0.15) is 5.56 Å². The molecule has 0 bridgehead atoms. The van der Waals surface area contributed by atoms with Crippen LogP contribution in [0.3, 0.4) is 0 Å². The minimum absolute atomic E-state index is 0.428. The fraction of sp³-hybridized carbons (Fsp3) is 0.250. The zero-order valence-electron chi connectivity index (χ0n) is 6.37. The van der Waals surface area contributed by atoms with Crippen molar-refractivity contribution in [2.75, 3.05) is 0 Å². The van der Waals surface area contributed by atoms with Crippen LogP contribution in [-0.2, 0) is 6.42 Å². The molecule has 1 rings (SSSR count). The SMILES string of the molecule is N#CC(N)Cc1ccnc(Cl)c1. The summed E-state index contributed by atoms with van der Waals surface area (Å²) in [6, 6.07) is 4.98. The highest BCUT2D eigenvalue weighted by molar-refractivity contribution is 6.29. The van der Waals surface area contributed by atoms with Crippen LogP contribution in [0.2, 0.25) is 5.15 Å². The van der Waals surface area contributed by atoms with Gasteiger partial charge in [0.25, 0.3) is 0 Å². The van der Waals surface area contributed by atoms with Crippen LogP contribution in [0.5, 0.6) is 0 Å². The van der Waals surface area contributed by atoms with Crippen LogP contribution in [0.4, 0.5) is 0 Å². The maximum atomic E-state index is 8.44. The van der Waals surface area contributed by atoms with E-state index in [1.165, 1.54) is 0 Å². The van der Waals surface area contributed by atoms with Gasteiger partial charge in [0.05, 0.1) is 12.1 Å². The summed E-state index contributed by atoms with van der Waals surface area (Å²) in [5.74, 6) is 0. The van der Waals surface area contributed by atoms with Crippen molar-refractivity contribution >= 4 is 11.6 Å². The standard InChI is InChI=1S/C8H8ClN3/c9-8-4-6(1-2-12-8)3-7(11)5-10/h1-2,4,7H,3,11H2. The summed E-state index contributed by atoms with van der Waals surface area (Å²) in [6.45, 7) is 0. The van der Waals surface area contributed by atoms with Gasteiger partial charge in [-0.3, -0.25) is 0 Å². The van der Waals surface area contributed by atoms with Crippen LogP contribution in [0.15, 0.2) is 18.3 Å². The molecule has 0 aromatic carbocycles. The first-order valence-electron chi connectivity index (χ1n) is 3.48. The van der Waals surface area contributed by atoms with Crippen molar-refractivity contribution in [3.63, 3.8) is 0 Å². The first kappa shape index (κ1) is 8.98. The van der Waals surface area contributed by atoms with Crippen molar-refractivity contribution in [2.45, 2.75) is 12.5 Å². The van der Waals surface area contributed by atoms with Gasteiger partial charge in [-0.05, 0) is 17.7 Å². The Kier molecular flexibility index (Phi) is 3.03. The molecule has 62 valence electrons. The van der Waals surface area contributed by atoms with E-state index in [0.29, 0.717) is 11.6 Å². The molecule has 1 unspecified atom stereocenters. The monoisotopic (exact) mass is 181 g/mol. The molecule has 0 amide bonds. The lowest BCUT2D eigenvalue weighted by Gasteiger charge is -2.01. The summed E-state index contributed by atoms with van der Waals surface area (Å²) in [5.41, 5.74) is 6.36. The number of nitriles is 1. The first-order valence-corrected chi connectivity index (χ1v) is 3.86. The van der Waals surface area contributed by atoms with Gasteiger partial charge in [0.15, 0.2) is 0 Å². The van der Waals surface area contributed by atoms with E-state index >= 15 is 0 Å². The Morgan fingerprint density at radius 2 is 2.50 bits per heavy atom. The Hall–Kier alpha value is -1.11. The molecule has 1 atom stereocenters. The van der Waals surface area contributed by atoms with Crippen molar-refractivity contribution in [1.82, 2.24) is 4.98 Å². The number of nitrogens with zero attached hydrogens (tertiary/aromatic N) is 2. The van der Waals surface area contributed by atoms with Crippen molar-refractivity contribution in [3.8, 4) is 6.07 Å². The molecule has 3 nitrogen and oxygen atoms in total. The molecule has 0 fully saturated rings. The quantitative estimate of drug-likeness (QED) is 0.696. The highest BCUT2D eigenvalue weighted by Crippen LogP contribution is 2.08. The van der Waals surface area contributed by atoms with Gasteiger partial charge in [-0.1, -0.05) is 11.6 Å². The van der Waals surface area contributed by atoms with Gasteiger partial charge in [-0.25, -0.2) is 4.98 Å². The number of hydrogen-bond acceptors (Lipinski definition) is 3. The van der Waals surface area contributed by atoms with Gasteiger partial charge in [0.1, 0.15) is 5.15 Å². The molecule has 0 radical (unpaired) electrons. The van der Waals surface area contributed by atoms with E-state index in [2.05, 4.69) is 4.98 Å². The predicted molar refractivity (Wildman–Crippen MR) is 46.5 cm³/mol. The largest absolute Gasteiger partial charge is 0.316 e. The molecule has 0 aliphatic heterocycles. The molecule has 0 spiro atoms. The van der Waals surface area contributed by atoms with Crippen LogP contribution in [0.25, 0.3) is 0 Å². The summed E-state index contributed by atoms with van der Waals surface area (Å²) in [7, 11) is 0. The Labute approximate surface area is 75.8 Å². The molecule has 2 N–H and O–H groups in total. The summed E-state index contributed by atoms with van der Waals surface area (Å²) in [4.78, 5) is 3.81.